The van der Waals surface area contributed by atoms with Gasteiger partial charge in [0.15, 0.2) is 0 Å². The second-order valence-corrected chi connectivity index (χ2v) is 3.25. The molecule has 1 unspecified atom stereocenters. The minimum atomic E-state index is -0.317. The topological polar surface area (TPSA) is 43.4 Å². The summed E-state index contributed by atoms with van der Waals surface area (Å²) >= 11 is 0. The van der Waals surface area contributed by atoms with Crippen LogP contribution in [0.4, 0.5) is 0 Å². The fourth-order valence-electron chi connectivity index (χ4n) is 1.02. The van der Waals surface area contributed by atoms with Crippen molar-refractivity contribution >= 4 is 11.8 Å². The largest absolute Gasteiger partial charge is 0.463 e. The lowest BCUT2D eigenvalue weighted by Crippen LogP contribution is -2.14. The summed E-state index contributed by atoms with van der Waals surface area (Å²) in [5, 5.41) is 0. The first kappa shape index (κ1) is 12.9. The van der Waals surface area contributed by atoms with E-state index in [0.29, 0.717) is 18.6 Å². The van der Waals surface area contributed by atoms with Crippen LogP contribution in [0, 0.1) is 5.92 Å². The zero-order valence-electron chi connectivity index (χ0n) is 9.29. The minimum Gasteiger partial charge on any atom is -0.463 e. The van der Waals surface area contributed by atoms with Gasteiger partial charge in [-0.15, -0.1) is 0 Å². The molecule has 0 aliphatic rings. The van der Waals surface area contributed by atoms with Gasteiger partial charge in [-0.1, -0.05) is 13.0 Å². The Bertz CT molecular complexity index is 241. The summed E-state index contributed by atoms with van der Waals surface area (Å²) in [5.41, 5.74) is 0.578. The summed E-state index contributed by atoms with van der Waals surface area (Å²) in [4.78, 5) is 22.3. The third-order valence-electron chi connectivity index (χ3n) is 2.11. The van der Waals surface area contributed by atoms with Gasteiger partial charge in [0.05, 0.1) is 6.61 Å². The van der Waals surface area contributed by atoms with E-state index in [0.717, 1.165) is 0 Å². The first-order chi connectivity index (χ1) is 6.52. The number of carbonyl (C=O) groups is 2. The van der Waals surface area contributed by atoms with E-state index in [4.69, 9.17) is 4.74 Å². The third-order valence-corrected chi connectivity index (χ3v) is 2.11. The Morgan fingerprint density at radius 2 is 2.00 bits per heavy atom. The molecule has 3 nitrogen and oxygen atoms in total. The zero-order valence-corrected chi connectivity index (χ0v) is 9.29. The van der Waals surface area contributed by atoms with Crippen molar-refractivity contribution in [2.24, 2.45) is 5.92 Å². The predicted octanol–water partition coefficient (Wildman–Crippen LogP) is 2.11. The van der Waals surface area contributed by atoms with Crippen LogP contribution in [0.5, 0.6) is 0 Å². The van der Waals surface area contributed by atoms with Gasteiger partial charge in [-0.05, 0) is 27.2 Å². The molecule has 0 fully saturated rings. The number of carbonyl (C=O) groups excluding carboxylic acids is 2. The Morgan fingerprint density at radius 3 is 2.36 bits per heavy atom. The predicted molar refractivity (Wildman–Crippen MR) is 54.9 cm³/mol. The number of ketones is 1. The fraction of sp³-hybridized carbons (Fsp3) is 0.636. The molecule has 0 aliphatic heterocycles. The van der Waals surface area contributed by atoms with Gasteiger partial charge in [0, 0.05) is 11.5 Å². The number of allylic oxidation sites excluding steroid dienone is 1. The molecule has 0 saturated carbocycles. The Hall–Kier alpha value is -1.12. The molecule has 14 heavy (non-hydrogen) atoms. The van der Waals surface area contributed by atoms with Gasteiger partial charge in [0.25, 0.3) is 0 Å². The Labute approximate surface area is 85.1 Å². The van der Waals surface area contributed by atoms with Gasteiger partial charge < -0.3 is 4.74 Å². The minimum absolute atomic E-state index is 0.0913. The molecule has 0 bridgehead atoms. The summed E-state index contributed by atoms with van der Waals surface area (Å²) < 4.78 is 4.86. The van der Waals surface area contributed by atoms with E-state index in [1.165, 1.54) is 6.92 Å². The van der Waals surface area contributed by atoms with Crippen LogP contribution in [0.2, 0.25) is 0 Å². The summed E-state index contributed by atoms with van der Waals surface area (Å²) in [5.74, 6) is -0.345. The number of hydrogen-bond donors (Lipinski definition) is 0. The van der Waals surface area contributed by atoms with Crippen molar-refractivity contribution in [2.45, 2.75) is 34.1 Å². The Balaban J connectivity index is 4.31. The lowest BCUT2D eigenvalue weighted by Gasteiger charge is -2.10. The van der Waals surface area contributed by atoms with Gasteiger partial charge in [-0.2, -0.15) is 0 Å². The molecular formula is C11H18O3. The maximum Gasteiger partial charge on any atom is 0.333 e. The van der Waals surface area contributed by atoms with Crippen molar-refractivity contribution in [1.29, 1.82) is 0 Å². The van der Waals surface area contributed by atoms with Crippen LogP contribution in [-0.4, -0.2) is 18.4 Å². The van der Waals surface area contributed by atoms with Crippen LogP contribution in [0.1, 0.15) is 34.1 Å². The smallest absolute Gasteiger partial charge is 0.333 e. The highest BCUT2D eigenvalue weighted by atomic mass is 16.5. The highest BCUT2D eigenvalue weighted by molar-refractivity contribution is 5.89. The quantitative estimate of drug-likeness (QED) is 0.502. The summed E-state index contributed by atoms with van der Waals surface area (Å²) in [6.07, 6.45) is 2.17. The number of hydrogen-bond acceptors (Lipinski definition) is 3. The van der Waals surface area contributed by atoms with Crippen molar-refractivity contribution in [3.05, 3.63) is 11.6 Å². The van der Waals surface area contributed by atoms with Crippen LogP contribution in [-0.2, 0) is 14.3 Å². The highest BCUT2D eigenvalue weighted by Gasteiger charge is 2.15. The van der Waals surface area contributed by atoms with Gasteiger partial charge in [-0.25, -0.2) is 4.79 Å². The van der Waals surface area contributed by atoms with E-state index >= 15 is 0 Å². The molecule has 3 heteroatoms. The standard InChI is InChI=1S/C11H18O3/c1-5-10(11(13)14-6-2)7-8(3)9(4)12/h5,8H,6-7H2,1-4H3/b10-5+. The Kier molecular flexibility index (Phi) is 5.84. The molecule has 0 aromatic rings. The molecule has 0 aromatic heterocycles. The molecule has 0 N–H and O–H groups in total. The molecule has 0 aliphatic carbocycles. The van der Waals surface area contributed by atoms with E-state index in [9.17, 15) is 9.59 Å². The van der Waals surface area contributed by atoms with Crippen LogP contribution < -0.4 is 0 Å². The monoisotopic (exact) mass is 198 g/mol. The third kappa shape index (κ3) is 4.21. The maximum atomic E-state index is 11.3. The molecule has 0 aromatic carbocycles. The normalized spacial score (nSPS) is 13.6. The van der Waals surface area contributed by atoms with Gasteiger partial charge in [0.1, 0.15) is 5.78 Å². The first-order valence-electron chi connectivity index (χ1n) is 4.85. The van der Waals surface area contributed by atoms with E-state index < -0.39 is 0 Å². The van der Waals surface area contributed by atoms with Crippen molar-refractivity contribution in [3.63, 3.8) is 0 Å². The number of ether oxygens (including phenoxy) is 1. The van der Waals surface area contributed by atoms with E-state index in [-0.39, 0.29) is 17.7 Å². The van der Waals surface area contributed by atoms with Crippen LogP contribution >= 0.6 is 0 Å². The second kappa shape index (κ2) is 6.35. The fourth-order valence-corrected chi connectivity index (χ4v) is 1.02. The van der Waals surface area contributed by atoms with Crippen molar-refractivity contribution in [3.8, 4) is 0 Å². The molecule has 0 radical (unpaired) electrons. The first-order valence-corrected chi connectivity index (χ1v) is 4.85. The average molecular weight is 198 g/mol. The molecule has 0 amide bonds. The molecular weight excluding hydrogens is 180 g/mol. The molecule has 0 saturated heterocycles. The summed E-state index contributed by atoms with van der Waals surface area (Å²) in [6.45, 7) is 7.25. The van der Waals surface area contributed by atoms with Crippen molar-refractivity contribution in [1.82, 2.24) is 0 Å². The van der Waals surface area contributed by atoms with Crippen LogP contribution in [0.15, 0.2) is 11.6 Å². The molecule has 0 heterocycles. The van der Waals surface area contributed by atoms with Gasteiger partial charge in [0.2, 0.25) is 0 Å². The SMILES string of the molecule is C/C=C(\CC(C)C(C)=O)C(=O)OCC. The van der Waals surface area contributed by atoms with E-state index in [1.54, 1.807) is 19.9 Å². The lowest BCUT2D eigenvalue weighted by molar-refractivity contribution is -0.138. The molecule has 0 rings (SSSR count). The number of rotatable bonds is 5. The van der Waals surface area contributed by atoms with Crippen LogP contribution in [0.25, 0.3) is 0 Å². The molecule has 0 spiro atoms. The second-order valence-electron chi connectivity index (χ2n) is 3.25. The highest BCUT2D eigenvalue weighted by Crippen LogP contribution is 2.13. The maximum absolute atomic E-state index is 11.3. The lowest BCUT2D eigenvalue weighted by atomic mass is 9.98. The molecule has 80 valence electrons. The Morgan fingerprint density at radius 1 is 1.43 bits per heavy atom. The molecule has 1 atom stereocenters. The van der Waals surface area contributed by atoms with Gasteiger partial charge >= 0.3 is 5.97 Å². The number of Topliss-reactive ketones (excluding diaryl/α,β-unsaturated/α-hetero) is 1. The zero-order chi connectivity index (χ0) is 11.1. The van der Waals surface area contributed by atoms with E-state index in [1.807, 2.05) is 6.92 Å². The summed E-state index contributed by atoms with van der Waals surface area (Å²) in [7, 11) is 0. The average Bonchev–Trinajstić information content (AvgIpc) is 2.13. The number of esters is 1. The van der Waals surface area contributed by atoms with Gasteiger partial charge in [-0.3, -0.25) is 4.79 Å². The van der Waals surface area contributed by atoms with Crippen molar-refractivity contribution in [2.75, 3.05) is 6.61 Å². The van der Waals surface area contributed by atoms with Crippen LogP contribution in [0.3, 0.4) is 0 Å². The summed E-state index contributed by atoms with van der Waals surface area (Å²) in [6, 6.07) is 0. The van der Waals surface area contributed by atoms with Crippen molar-refractivity contribution < 1.29 is 14.3 Å². The van der Waals surface area contributed by atoms with E-state index in [2.05, 4.69) is 0 Å².